The second-order valence-electron chi connectivity index (χ2n) is 9.22. The maximum absolute atomic E-state index is 12.6. The number of benzene rings is 3. The molecule has 0 fully saturated rings. The molecule has 0 bridgehead atoms. The van der Waals surface area contributed by atoms with Crippen LogP contribution in [0.4, 0.5) is 0 Å². The fourth-order valence-corrected chi connectivity index (χ4v) is 4.77. The van der Waals surface area contributed by atoms with Crippen molar-refractivity contribution in [1.82, 2.24) is 4.72 Å². The van der Waals surface area contributed by atoms with E-state index in [0.29, 0.717) is 5.56 Å². The zero-order valence-corrected chi connectivity index (χ0v) is 21.0. The van der Waals surface area contributed by atoms with Gasteiger partial charge in [-0.1, -0.05) is 48.5 Å². The first-order chi connectivity index (χ1) is 15.9. The summed E-state index contributed by atoms with van der Waals surface area (Å²) in [5, 5.41) is 0. The molecule has 1 atom stereocenters. The Labute approximate surface area is 202 Å². The lowest BCUT2D eigenvalue weighted by Crippen LogP contribution is -2.42. The SMILES string of the molecule is Cc1cc(CS(=O)(=O)NC(C)C(=O)OC(C)(C)C)ccc1-c1ccc(Oc2ccccc2)cc1. The first kappa shape index (κ1) is 25.5. The Morgan fingerprint density at radius 1 is 0.941 bits per heavy atom. The highest BCUT2D eigenvalue weighted by Crippen LogP contribution is 2.28. The number of hydrogen-bond donors (Lipinski definition) is 1. The van der Waals surface area contributed by atoms with Crippen molar-refractivity contribution in [3.8, 4) is 22.6 Å². The van der Waals surface area contributed by atoms with Gasteiger partial charge in [0.15, 0.2) is 0 Å². The molecule has 34 heavy (non-hydrogen) atoms. The molecule has 1 N–H and O–H groups in total. The van der Waals surface area contributed by atoms with Crippen molar-refractivity contribution in [2.24, 2.45) is 0 Å². The molecule has 0 aliphatic heterocycles. The summed E-state index contributed by atoms with van der Waals surface area (Å²) >= 11 is 0. The summed E-state index contributed by atoms with van der Waals surface area (Å²) in [5.74, 6) is 0.667. The van der Waals surface area contributed by atoms with Gasteiger partial charge in [0.05, 0.1) is 5.75 Å². The van der Waals surface area contributed by atoms with Crippen molar-refractivity contribution in [3.63, 3.8) is 0 Å². The molecule has 0 spiro atoms. The summed E-state index contributed by atoms with van der Waals surface area (Å²) in [4.78, 5) is 12.1. The number of nitrogens with one attached hydrogen (secondary N) is 1. The van der Waals surface area contributed by atoms with E-state index >= 15 is 0 Å². The van der Waals surface area contributed by atoms with Crippen molar-refractivity contribution in [1.29, 1.82) is 0 Å². The Morgan fingerprint density at radius 3 is 2.15 bits per heavy atom. The molecular formula is C27H31NO5S. The molecule has 0 radical (unpaired) electrons. The molecule has 3 aromatic carbocycles. The minimum atomic E-state index is -3.73. The van der Waals surface area contributed by atoms with Crippen LogP contribution in [0.5, 0.6) is 11.5 Å². The van der Waals surface area contributed by atoms with E-state index < -0.39 is 27.6 Å². The summed E-state index contributed by atoms with van der Waals surface area (Å²) in [7, 11) is -3.73. The quantitative estimate of drug-likeness (QED) is 0.423. The van der Waals surface area contributed by atoms with Crippen LogP contribution in [0, 0.1) is 6.92 Å². The highest BCUT2D eigenvalue weighted by Gasteiger charge is 2.25. The first-order valence-corrected chi connectivity index (χ1v) is 12.7. The van der Waals surface area contributed by atoms with Crippen LogP contribution >= 0.6 is 0 Å². The zero-order chi connectivity index (χ0) is 24.9. The van der Waals surface area contributed by atoms with Crippen LogP contribution in [-0.2, 0) is 25.3 Å². The van der Waals surface area contributed by atoms with E-state index in [1.807, 2.05) is 73.7 Å². The van der Waals surface area contributed by atoms with Gasteiger partial charge in [-0.2, -0.15) is 0 Å². The van der Waals surface area contributed by atoms with Crippen LogP contribution in [0.15, 0.2) is 72.8 Å². The minimum absolute atomic E-state index is 0.231. The minimum Gasteiger partial charge on any atom is -0.459 e. The Bertz CT molecular complexity index is 1230. The Balaban J connectivity index is 1.67. The molecule has 3 aromatic rings. The van der Waals surface area contributed by atoms with Crippen LogP contribution in [0.3, 0.4) is 0 Å². The van der Waals surface area contributed by atoms with Crippen molar-refractivity contribution in [2.45, 2.75) is 52.0 Å². The van der Waals surface area contributed by atoms with Gasteiger partial charge in [0.2, 0.25) is 10.0 Å². The second kappa shape index (κ2) is 10.4. The molecule has 180 valence electrons. The Kier molecular flexibility index (Phi) is 7.79. The molecular weight excluding hydrogens is 450 g/mol. The predicted molar refractivity (Wildman–Crippen MR) is 134 cm³/mol. The highest BCUT2D eigenvalue weighted by atomic mass is 32.2. The predicted octanol–water partition coefficient (Wildman–Crippen LogP) is 5.60. The number of aryl methyl sites for hydroxylation is 1. The monoisotopic (exact) mass is 481 g/mol. The van der Waals surface area contributed by atoms with Gasteiger partial charge in [-0.25, -0.2) is 13.1 Å². The van der Waals surface area contributed by atoms with Crippen LogP contribution in [0.1, 0.15) is 38.8 Å². The molecule has 0 amide bonds. The molecule has 1 unspecified atom stereocenters. The number of esters is 1. The summed E-state index contributed by atoms with van der Waals surface area (Å²) in [5.41, 5.74) is 2.90. The Morgan fingerprint density at radius 2 is 1.56 bits per heavy atom. The van der Waals surface area contributed by atoms with E-state index in [2.05, 4.69) is 4.72 Å². The number of carbonyl (C=O) groups is 1. The molecule has 0 saturated carbocycles. The third kappa shape index (κ3) is 7.43. The standard InChI is InChI=1S/C27H31NO5S/c1-19-17-21(18-34(30,31)28-20(2)26(29)33-27(3,4)5)11-16-25(19)22-12-14-24(15-13-22)32-23-9-7-6-8-10-23/h6-17,20,28H,18H2,1-5H3. The third-order valence-electron chi connectivity index (χ3n) is 4.91. The van der Waals surface area contributed by atoms with Crippen LogP contribution in [-0.4, -0.2) is 26.0 Å². The van der Waals surface area contributed by atoms with E-state index in [1.165, 1.54) is 6.92 Å². The second-order valence-corrected chi connectivity index (χ2v) is 11.0. The number of rotatable bonds is 8. The maximum Gasteiger partial charge on any atom is 0.324 e. The number of sulfonamides is 1. The van der Waals surface area contributed by atoms with Gasteiger partial charge in [-0.05, 0) is 81.1 Å². The van der Waals surface area contributed by atoms with E-state index in [9.17, 15) is 13.2 Å². The fraction of sp³-hybridized carbons (Fsp3) is 0.296. The van der Waals surface area contributed by atoms with E-state index in [0.717, 1.165) is 28.2 Å². The van der Waals surface area contributed by atoms with Gasteiger partial charge in [0.25, 0.3) is 0 Å². The van der Waals surface area contributed by atoms with Gasteiger partial charge in [0, 0.05) is 0 Å². The molecule has 3 rings (SSSR count). The average Bonchev–Trinajstić information content (AvgIpc) is 2.73. The smallest absolute Gasteiger partial charge is 0.324 e. The fourth-order valence-electron chi connectivity index (χ4n) is 3.44. The summed E-state index contributed by atoms with van der Waals surface area (Å²) in [6, 6.07) is 21.9. The normalized spacial score (nSPS) is 12.7. The van der Waals surface area contributed by atoms with Crippen LogP contribution in [0.2, 0.25) is 0 Å². The van der Waals surface area contributed by atoms with Crippen molar-refractivity contribution < 1.29 is 22.7 Å². The van der Waals surface area contributed by atoms with Gasteiger partial charge in [-0.15, -0.1) is 0 Å². The topological polar surface area (TPSA) is 81.7 Å². The molecule has 0 aliphatic rings. The van der Waals surface area contributed by atoms with Crippen LogP contribution in [0.25, 0.3) is 11.1 Å². The number of ether oxygens (including phenoxy) is 2. The molecule has 6 nitrogen and oxygen atoms in total. The largest absolute Gasteiger partial charge is 0.459 e. The summed E-state index contributed by atoms with van der Waals surface area (Å²) in [6.45, 7) is 8.63. The summed E-state index contributed by atoms with van der Waals surface area (Å²) in [6.07, 6.45) is 0. The lowest BCUT2D eigenvalue weighted by molar-refractivity contribution is -0.156. The average molecular weight is 482 g/mol. The van der Waals surface area contributed by atoms with E-state index in [1.54, 1.807) is 26.8 Å². The lowest BCUT2D eigenvalue weighted by atomic mass is 9.99. The molecule has 0 heterocycles. The maximum atomic E-state index is 12.6. The molecule has 0 aliphatic carbocycles. The van der Waals surface area contributed by atoms with Gasteiger partial charge >= 0.3 is 5.97 Å². The molecule has 0 saturated heterocycles. The highest BCUT2D eigenvalue weighted by molar-refractivity contribution is 7.88. The van der Waals surface area contributed by atoms with Gasteiger partial charge in [-0.3, -0.25) is 4.79 Å². The number of carbonyl (C=O) groups excluding carboxylic acids is 1. The van der Waals surface area contributed by atoms with Crippen molar-refractivity contribution in [2.75, 3.05) is 0 Å². The number of para-hydroxylation sites is 1. The number of hydrogen-bond acceptors (Lipinski definition) is 5. The van der Waals surface area contributed by atoms with E-state index in [-0.39, 0.29) is 5.75 Å². The molecule has 7 heteroatoms. The Hall–Kier alpha value is -3.16. The van der Waals surface area contributed by atoms with Gasteiger partial charge in [0.1, 0.15) is 23.1 Å². The molecule has 0 aromatic heterocycles. The van der Waals surface area contributed by atoms with Crippen LogP contribution < -0.4 is 9.46 Å². The third-order valence-corrected chi connectivity index (χ3v) is 6.33. The van der Waals surface area contributed by atoms with Gasteiger partial charge < -0.3 is 9.47 Å². The zero-order valence-electron chi connectivity index (χ0n) is 20.2. The van der Waals surface area contributed by atoms with Crippen molar-refractivity contribution >= 4 is 16.0 Å². The summed E-state index contributed by atoms with van der Waals surface area (Å²) < 4.78 is 38.7. The van der Waals surface area contributed by atoms with E-state index in [4.69, 9.17) is 9.47 Å². The lowest BCUT2D eigenvalue weighted by Gasteiger charge is -2.22. The first-order valence-electron chi connectivity index (χ1n) is 11.1. The van der Waals surface area contributed by atoms with Crippen molar-refractivity contribution in [3.05, 3.63) is 83.9 Å².